The Morgan fingerprint density at radius 2 is 2.22 bits per heavy atom. The Balaban J connectivity index is 2.28. The summed E-state index contributed by atoms with van der Waals surface area (Å²) in [4.78, 5) is 4.32. The molecule has 0 aliphatic heterocycles. The van der Waals surface area contributed by atoms with Gasteiger partial charge in [-0.25, -0.2) is 4.98 Å². The Hall–Kier alpha value is -1.33. The summed E-state index contributed by atoms with van der Waals surface area (Å²) < 4.78 is 3.93. The molecule has 98 valence electrons. The molecule has 0 radical (unpaired) electrons. The summed E-state index contributed by atoms with van der Waals surface area (Å²) in [7, 11) is 3.83. The molecule has 0 aliphatic rings. The van der Waals surface area contributed by atoms with Crippen molar-refractivity contribution in [1.29, 1.82) is 0 Å². The number of aryl methyl sites for hydroxylation is 2. The second-order valence-corrected chi connectivity index (χ2v) is 4.56. The van der Waals surface area contributed by atoms with Gasteiger partial charge in [0.1, 0.15) is 5.82 Å². The van der Waals surface area contributed by atoms with E-state index in [9.17, 15) is 0 Å². The van der Waals surface area contributed by atoms with Crippen LogP contribution in [0.25, 0.3) is 0 Å². The van der Waals surface area contributed by atoms with Gasteiger partial charge < -0.3 is 9.88 Å². The lowest BCUT2D eigenvalue weighted by molar-refractivity contribution is 0.624. The first-order valence-electron chi connectivity index (χ1n) is 6.02. The number of rotatable bonds is 5. The third-order valence-electron chi connectivity index (χ3n) is 2.96. The van der Waals surface area contributed by atoms with Crippen molar-refractivity contribution >= 4 is 11.6 Å². The lowest BCUT2D eigenvalue weighted by atomic mass is 10.3. The quantitative estimate of drug-likeness (QED) is 0.895. The van der Waals surface area contributed by atoms with Gasteiger partial charge in [-0.2, -0.15) is 5.10 Å². The van der Waals surface area contributed by atoms with E-state index in [1.807, 2.05) is 25.0 Å². The number of aromatic nitrogens is 4. The molecule has 5 nitrogen and oxygen atoms in total. The van der Waals surface area contributed by atoms with E-state index in [1.165, 1.54) is 0 Å². The molecule has 0 saturated heterocycles. The molecule has 2 aromatic rings. The summed E-state index contributed by atoms with van der Waals surface area (Å²) in [5.74, 6) is 0.993. The SMILES string of the molecule is CCc1nn(C)c(Cn2ccnc2CNC)c1Cl. The van der Waals surface area contributed by atoms with E-state index in [0.29, 0.717) is 6.54 Å². The minimum absolute atomic E-state index is 0.694. The Kier molecular flexibility index (Phi) is 4.04. The molecule has 0 fully saturated rings. The summed E-state index contributed by atoms with van der Waals surface area (Å²) >= 11 is 6.34. The summed E-state index contributed by atoms with van der Waals surface area (Å²) in [5, 5.41) is 8.29. The maximum atomic E-state index is 6.34. The fourth-order valence-corrected chi connectivity index (χ4v) is 2.32. The lowest BCUT2D eigenvalue weighted by Gasteiger charge is -2.08. The summed E-state index contributed by atoms with van der Waals surface area (Å²) in [5.41, 5.74) is 1.97. The van der Waals surface area contributed by atoms with Gasteiger partial charge >= 0.3 is 0 Å². The van der Waals surface area contributed by atoms with Crippen molar-refractivity contribution < 1.29 is 0 Å². The van der Waals surface area contributed by atoms with Gasteiger partial charge in [0.2, 0.25) is 0 Å². The summed E-state index contributed by atoms with van der Waals surface area (Å²) in [6.07, 6.45) is 4.61. The molecular formula is C12H18ClN5. The van der Waals surface area contributed by atoms with Crippen LogP contribution in [0, 0.1) is 0 Å². The Labute approximate surface area is 112 Å². The molecule has 0 unspecified atom stereocenters. The zero-order chi connectivity index (χ0) is 13.1. The lowest BCUT2D eigenvalue weighted by Crippen LogP contribution is -2.14. The summed E-state index contributed by atoms with van der Waals surface area (Å²) in [6, 6.07) is 0. The molecule has 6 heteroatoms. The number of hydrogen-bond acceptors (Lipinski definition) is 3. The van der Waals surface area contributed by atoms with Gasteiger partial charge in [0, 0.05) is 19.4 Å². The Bertz CT molecular complexity index is 529. The first-order chi connectivity index (χ1) is 8.67. The highest BCUT2D eigenvalue weighted by atomic mass is 35.5. The standard InChI is InChI=1S/C12H18ClN5/c1-4-9-12(13)10(17(3)16-9)8-18-6-5-15-11(18)7-14-2/h5-6,14H,4,7-8H2,1-3H3. The fourth-order valence-electron chi connectivity index (χ4n) is 1.96. The van der Waals surface area contributed by atoms with E-state index in [4.69, 9.17) is 11.6 Å². The van der Waals surface area contributed by atoms with E-state index < -0.39 is 0 Å². The van der Waals surface area contributed by atoms with Crippen LogP contribution in [0.15, 0.2) is 12.4 Å². The van der Waals surface area contributed by atoms with Crippen molar-refractivity contribution in [2.45, 2.75) is 26.4 Å². The monoisotopic (exact) mass is 267 g/mol. The van der Waals surface area contributed by atoms with Crippen LogP contribution in [0.2, 0.25) is 5.02 Å². The highest BCUT2D eigenvalue weighted by molar-refractivity contribution is 6.31. The first-order valence-corrected chi connectivity index (χ1v) is 6.40. The van der Waals surface area contributed by atoms with Gasteiger partial charge in [-0.15, -0.1) is 0 Å². The van der Waals surface area contributed by atoms with Crippen molar-refractivity contribution in [3.8, 4) is 0 Å². The second-order valence-electron chi connectivity index (χ2n) is 4.19. The van der Waals surface area contributed by atoms with Crippen LogP contribution in [-0.2, 0) is 26.6 Å². The minimum Gasteiger partial charge on any atom is -0.328 e. The minimum atomic E-state index is 0.694. The smallest absolute Gasteiger partial charge is 0.123 e. The van der Waals surface area contributed by atoms with E-state index in [-0.39, 0.29) is 0 Å². The third kappa shape index (κ3) is 2.42. The molecule has 0 aromatic carbocycles. The number of halogens is 1. The zero-order valence-electron chi connectivity index (χ0n) is 10.9. The third-order valence-corrected chi connectivity index (χ3v) is 3.40. The molecule has 0 spiro atoms. The van der Waals surface area contributed by atoms with Gasteiger partial charge in [0.05, 0.1) is 29.5 Å². The van der Waals surface area contributed by atoms with Gasteiger partial charge in [-0.05, 0) is 13.5 Å². The molecule has 1 N–H and O–H groups in total. The molecule has 0 aliphatic carbocycles. The van der Waals surface area contributed by atoms with Crippen LogP contribution in [0.1, 0.15) is 24.1 Å². The Morgan fingerprint density at radius 1 is 1.44 bits per heavy atom. The molecule has 2 aromatic heterocycles. The second kappa shape index (κ2) is 5.54. The molecule has 0 saturated carbocycles. The van der Waals surface area contributed by atoms with Crippen LogP contribution in [-0.4, -0.2) is 26.4 Å². The van der Waals surface area contributed by atoms with Crippen molar-refractivity contribution in [2.24, 2.45) is 7.05 Å². The van der Waals surface area contributed by atoms with Crippen LogP contribution >= 0.6 is 11.6 Å². The maximum absolute atomic E-state index is 6.34. The normalized spacial score (nSPS) is 11.1. The number of nitrogens with one attached hydrogen (secondary N) is 1. The maximum Gasteiger partial charge on any atom is 0.123 e. The van der Waals surface area contributed by atoms with Crippen LogP contribution in [0.4, 0.5) is 0 Å². The van der Waals surface area contributed by atoms with Crippen molar-refractivity contribution in [2.75, 3.05) is 7.05 Å². The fraction of sp³-hybridized carbons (Fsp3) is 0.500. The van der Waals surface area contributed by atoms with Gasteiger partial charge in [-0.3, -0.25) is 4.68 Å². The number of nitrogens with zero attached hydrogens (tertiary/aromatic N) is 4. The zero-order valence-corrected chi connectivity index (χ0v) is 11.7. The van der Waals surface area contributed by atoms with Gasteiger partial charge in [-0.1, -0.05) is 18.5 Å². The van der Waals surface area contributed by atoms with Crippen molar-refractivity contribution in [1.82, 2.24) is 24.6 Å². The van der Waals surface area contributed by atoms with E-state index >= 15 is 0 Å². The molecule has 0 amide bonds. The van der Waals surface area contributed by atoms with Crippen molar-refractivity contribution in [3.05, 3.63) is 34.6 Å². The largest absolute Gasteiger partial charge is 0.328 e. The van der Waals surface area contributed by atoms with Crippen molar-refractivity contribution in [3.63, 3.8) is 0 Å². The predicted molar refractivity (Wildman–Crippen MR) is 71.7 cm³/mol. The topological polar surface area (TPSA) is 47.7 Å². The number of hydrogen-bond donors (Lipinski definition) is 1. The average molecular weight is 268 g/mol. The highest BCUT2D eigenvalue weighted by Gasteiger charge is 2.14. The molecule has 2 heterocycles. The summed E-state index contributed by atoms with van der Waals surface area (Å²) in [6.45, 7) is 3.49. The molecule has 18 heavy (non-hydrogen) atoms. The van der Waals surface area contributed by atoms with E-state index in [1.54, 1.807) is 6.20 Å². The van der Waals surface area contributed by atoms with Gasteiger partial charge in [0.15, 0.2) is 0 Å². The number of imidazole rings is 1. The molecular weight excluding hydrogens is 250 g/mol. The van der Waals surface area contributed by atoms with Crippen LogP contribution < -0.4 is 5.32 Å². The molecule has 0 bridgehead atoms. The van der Waals surface area contributed by atoms with E-state index in [2.05, 4.69) is 26.9 Å². The van der Waals surface area contributed by atoms with Crippen LogP contribution in [0.3, 0.4) is 0 Å². The molecule has 0 atom stereocenters. The highest BCUT2D eigenvalue weighted by Crippen LogP contribution is 2.22. The first kappa shape index (κ1) is 13.1. The molecule has 2 rings (SSSR count). The van der Waals surface area contributed by atoms with Crippen LogP contribution in [0.5, 0.6) is 0 Å². The Morgan fingerprint density at radius 3 is 2.83 bits per heavy atom. The van der Waals surface area contributed by atoms with E-state index in [0.717, 1.165) is 35.2 Å². The van der Waals surface area contributed by atoms with Gasteiger partial charge in [0.25, 0.3) is 0 Å². The predicted octanol–water partition coefficient (Wildman–Crippen LogP) is 1.60. The average Bonchev–Trinajstić information content (AvgIpc) is 2.89.